The molecule has 162 valence electrons. The Bertz CT molecular complexity index is 1030. The molecule has 0 spiro atoms. The third-order valence-corrected chi connectivity index (χ3v) is 6.09. The van der Waals surface area contributed by atoms with E-state index >= 15 is 0 Å². The van der Waals surface area contributed by atoms with E-state index in [2.05, 4.69) is 5.32 Å². The SMILES string of the molecule is CC(=O)Nc1sc2c(c1C(=O)OCC(=O)N(CCC#N)c1ccc(F)cc1)CCCC2. The Morgan fingerprint density at radius 3 is 2.61 bits per heavy atom. The molecule has 1 aromatic carbocycles. The molecule has 0 radical (unpaired) electrons. The number of carbonyl (C=O) groups is 3. The van der Waals surface area contributed by atoms with Crippen LogP contribution in [0.1, 0.15) is 47.0 Å². The minimum atomic E-state index is -0.671. The van der Waals surface area contributed by atoms with Crippen LogP contribution in [0.25, 0.3) is 0 Å². The molecule has 1 aliphatic carbocycles. The zero-order valence-corrected chi connectivity index (χ0v) is 17.9. The van der Waals surface area contributed by atoms with Gasteiger partial charge in [0.05, 0.1) is 18.1 Å². The molecule has 0 bridgehead atoms. The van der Waals surface area contributed by atoms with Gasteiger partial charge in [-0.3, -0.25) is 9.59 Å². The van der Waals surface area contributed by atoms with Gasteiger partial charge < -0.3 is 15.0 Å². The molecule has 7 nitrogen and oxygen atoms in total. The lowest BCUT2D eigenvalue weighted by Gasteiger charge is -2.22. The summed E-state index contributed by atoms with van der Waals surface area (Å²) in [6.07, 6.45) is 3.58. The lowest BCUT2D eigenvalue weighted by molar-refractivity contribution is -0.121. The van der Waals surface area contributed by atoms with Gasteiger partial charge in [0, 0.05) is 24.0 Å². The van der Waals surface area contributed by atoms with E-state index < -0.39 is 24.3 Å². The maximum atomic E-state index is 13.2. The smallest absolute Gasteiger partial charge is 0.341 e. The summed E-state index contributed by atoms with van der Waals surface area (Å²) in [5.74, 6) is -1.94. The van der Waals surface area contributed by atoms with Crippen molar-refractivity contribution in [1.29, 1.82) is 5.26 Å². The van der Waals surface area contributed by atoms with Crippen LogP contribution in [-0.2, 0) is 27.2 Å². The fourth-order valence-corrected chi connectivity index (χ4v) is 4.81. The Morgan fingerprint density at radius 2 is 1.94 bits per heavy atom. The number of anilines is 2. The molecule has 0 saturated carbocycles. The summed E-state index contributed by atoms with van der Waals surface area (Å²) in [4.78, 5) is 39.5. The van der Waals surface area contributed by atoms with Gasteiger partial charge in [-0.05, 0) is 55.5 Å². The second-order valence-electron chi connectivity index (χ2n) is 7.10. The summed E-state index contributed by atoms with van der Waals surface area (Å²) < 4.78 is 18.5. The van der Waals surface area contributed by atoms with Crippen molar-refractivity contribution in [2.75, 3.05) is 23.4 Å². The van der Waals surface area contributed by atoms with Crippen LogP contribution in [0, 0.1) is 17.1 Å². The van der Waals surface area contributed by atoms with Crippen LogP contribution in [0.5, 0.6) is 0 Å². The van der Waals surface area contributed by atoms with Crippen LogP contribution < -0.4 is 10.2 Å². The number of hydrogen-bond acceptors (Lipinski definition) is 6. The normalized spacial score (nSPS) is 12.4. The quantitative estimate of drug-likeness (QED) is 0.656. The number of esters is 1. The Balaban J connectivity index is 1.76. The number of ether oxygens (including phenoxy) is 1. The largest absolute Gasteiger partial charge is 0.452 e. The van der Waals surface area contributed by atoms with Crippen molar-refractivity contribution >= 4 is 39.8 Å². The number of fused-ring (bicyclic) bond motifs is 1. The maximum absolute atomic E-state index is 13.2. The number of amides is 2. The number of nitrogens with zero attached hydrogens (tertiary/aromatic N) is 2. The number of hydrogen-bond donors (Lipinski definition) is 1. The van der Waals surface area contributed by atoms with Crippen LogP contribution in [0.15, 0.2) is 24.3 Å². The second-order valence-corrected chi connectivity index (χ2v) is 8.21. The standard InChI is InChI=1S/C22H22FN3O4S/c1-14(27)25-21-20(17-5-2-3-6-18(17)31-21)22(29)30-13-19(28)26(12-4-11-24)16-9-7-15(23)8-10-16/h7-10H,2-6,12-13H2,1H3,(H,25,27). The highest BCUT2D eigenvalue weighted by atomic mass is 32.1. The number of nitrogens with one attached hydrogen (secondary N) is 1. The number of thiophene rings is 1. The highest BCUT2D eigenvalue weighted by Gasteiger charge is 2.28. The third-order valence-electron chi connectivity index (χ3n) is 4.88. The van der Waals surface area contributed by atoms with Crippen LogP contribution in [0.4, 0.5) is 15.1 Å². The summed E-state index contributed by atoms with van der Waals surface area (Å²) in [5.41, 5.74) is 1.59. The highest BCUT2D eigenvalue weighted by molar-refractivity contribution is 7.17. The molecule has 2 amide bonds. The van der Waals surface area contributed by atoms with E-state index in [1.807, 2.05) is 6.07 Å². The molecule has 0 aliphatic heterocycles. The molecule has 3 rings (SSSR count). The van der Waals surface area contributed by atoms with Crippen molar-refractivity contribution in [3.63, 3.8) is 0 Å². The topological polar surface area (TPSA) is 99.5 Å². The first-order chi connectivity index (χ1) is 14.9. The van der Waals surface area contributed by atoms with E-state index in [0.29, 0.717) is 22.7 Å². The van der Waals surface area contributed by atoms with Gasteiger partial charge in [0.2, 0.25) is 5.91 Å². The fourth-order valence-electron chi connectivity index (χ4n) is 3.49. The first-order valence-corrected chi connectivity index (χ1v) is 10.7. The van der Waals surface area contributed by atoms with Crippen LogP contribution in [0.2, 0.25) is 0 Å². The Labute approximate surface area is 183 Å². The summed E-state index contributed by atoms with van der Waals surface area (Å²) in [6, 6.07) is 7.25. The highest BCUT2D eigenvalue weighted by Crippen LogP contribution is 2.38. The van der Waals surface area contributed by atoms with Crippen molar-refractivity contribution in [3.05, 3.63) is 46.1 Å². The molecule has 0 fully saturated rings. The zero-order valence-electron chi connectivity index (χ0n) is 17.1. The van der Waals surface area contributed by atoms with Gasteiger partial charge in [0.25, 0.3) is 5.91 Å². The molecule has 1 N–H and O–H groups in total. The predicted octanol–water partition coefficient (Wildman–Crippen LogP) is 3.83. The molecule has 0 unspecified atom stereocenters. The van der Waals surface area contributed by atoms with E-state index in [4.69, 9.17) is 10.00 Å². The second kappa shape index (κ2) is 10.2. The number of carbonyl (C=O) groups excluding carboxylic acids is 3. The Morgan fingerprint density at radius 1 is 1.23 bits per heavy atom. The average molecular weight is 444 g/mol. The number of benzene rings is 1. The van der Waals surface area contributed by atoms with Gasteiger partial charge in [-0.15, -0.1) is 11.3 Å². The van der Waals surface area contributed by atoms with Crippen molar-refractivity contribution in [2.45, 2.75) is 39.0 Å². The molecule has 0 saturated heterocycles. The van der Waals surface area contributed by atoms with Crippen molar-refractivity contribution in [3.8, 4) is 6.07 Å². The van der Waals surface area contributed by atoms with E-state index in [1.54, 1.807) is 0 Å². The zero-order chi connectivity index (χ0) is 22.4. The van der Waals surface area contributed by atoms with Crippen LogP contribution >= 0.6 is 11.3 Å². The molecular weight excluding hydrogens is 421 g/mol. The number of halogens is 1. The van der Waals surface area contributed by atoms with Gasteiger partial charge in [-0.25, -0.2) is 9.18 Å². The van der Waals surface area contributed by atoms with E-state index in [1.165, 1.54) is 47.4 Å². The molecule has 1 heterocycles. The lowest BCUT2D eigenvalue weighted by Crippen LogP contribution is -2.35. The molecule has 2 aromatic rings. The monoisotopic (exact) mass is 443 g/mol. The fraction of sp³-hybridized carbons (Fsp3) is 0.364. The number of nitriles is 1. The first kappa shape index (κ1) is 22.4. The first-order valence-electron chi connectivity index (χ1n) is 9.93. The van der Waals surface area contributed by atoms with E-state index in [0.717, 1.165) is 29.7 Å². The predicted molar refractivity (Wildman–Crippen MR) is 115 cm³/mol. The lowest BCUT2D eigenvalue weighted by atomic mass is 9.95. The molecular formula is C22H22FN3O4S. The third kappa shape index (κ3) is 5.47. The molecule has 1 aromatic heterocycles. The number of rotatable bonds is 7. The van der Waals surface area contributed by atoms with Crippen molar-refractivity contribution in [2.24, 2.45) is 0 Å². The van der Waals surface area contributed by atoms with Crippen LogP contribution in [0.3, 0.4) is 0 Å². The number of aryl methyl sites for hydroxylation is 1. The molecule has 1 aliphatic rings. The summed E-state index contributed by atoms with van der Waals surface area (Å²) in [6.45, 7) is 0.919. The van der Waals surface area contributed by atoms with Gasteiger partial charge in [0.1, 0.15) is 10.8 Å². The molecule has 0 atom stereocenters. The Hall–Kier alpha value is -3.25. The van der Waals surface area contributed by atoms with Crippen LogP contribution in [-0.4, -0.2) is 30.9 Å². The summed E-state index contributed by atoms with van der Waals surface area (Å²) in [5, 5.41) is 12.0. The van der Waals surface area contributed by atoms with Crippen molar-refractivity contribution < 1.29 is 23.5 Å². The van der Waals surface area contributed by atoms with Gasteiger partial charge in [0.15, 0.2) is 6.61 Å². The van der Waals surface area contributed by atoms with Gasteiger partial charge in [-0.2, -0.15) is 5.26 Å². The minimum Gasteiger partial charge on any atom is -0.452 e. The molecule has 31 heavy (non-hydrogen) atoms. The van der Waals surface area contributed by atoms with Crippen molar-refractivity contribution in [1.82, 2.24) is 0 Å². The average Bonchev–Trinajstić information content (AvgIpc) is 3.10. The Kier molecular flexibility index (Phi) is 7.36. The van der Waals surface area contributed by atoms with E-state index in [-0.39, 0.29) is 18.9 Å². The van der Waals surface area contributed by atoms with Gasteiger partial charge in [-0.1, -0.05) is 0 Å². The van der Waals surface area contributed by atoms with Gasteiger partial charge >= 0.3 is 5.97 Å². The molecule has 9 heteroatoms. The van der Waals surface area contributed by atoms with E-state index in [9.17, 15) is 18.8 Å². The summed E-state index contributed by atoms with van der Waals surface area (Å²) >= 11 is 1.37. The summed E-state index contributed by atoms with van der Waals surface area (Å²) in [7, 11) is 0. The minimum absolute atomic E-state index is 0.0712. The maximum Gasteiger partial charge on any atom is 0.341 e.